The molecule has 2 rings (SSSR count). The smallest absolute Gasteiger partial charge is 0.188 e. The third-order valence-corrected chi connectivity index (χ3v) is 3.49. The number of hydrogen-bond acceptors (Lipinski definition) is 3. The van der Waals surface area contributed by atoms with Crippen molar-refractivity contribution in [1.29, 1.82) is 0 Å². The number of thiophene rings is 1. The summed E-state index contributed by atoms with van der Waals surface area (Å²) < 4.78 is 11.6. The molecule has 15 heavy (non-hydrogen) atoms. The predicted octanol–water partition coefficient (Wildman–Crippen LogP) is 3.45. The second kappa shape index (κ2) is 4.64. The molecule has 0 atom stereocenters. The van der Waals surface area contributed by atoms with E-state index in [2.05, 4.69) is 25.1 Å². The number of ether oxygens (including phenoxy) is 2. The SMILES string of the molecule is CCc1cc2cc(OCOC)ccc2s1. The molecule has 0 aliphatic heterocycles. The fourth-order valence-electron chi connectivity index (χ4n) is 1.47. The van der Waals surface area contributed by atoms with Crippen LogP contribution in [0.5, 0.6) is 5.75 Å². The number of hydrogen-bond donors (Lipinski definition) is 0. The number of methoxy groups -OCH3 is 1. The molecule has 0 spiro atoms. The van der Waals surface area contributed by atoms with Gasteiger partial charge in [-0.2, -0.15) is 0 Å². The molecule has 0 saturated heterocycles. The Bertz CT molecular complexity index is 448. The average Bonchev–Trinajstić information content (AvgIpc) is 2.68. The van der Waals surface area contributed by atoms with Gasteiger partial charge in [-0.15, -0.1) is 11.3 Å². The van der Waals surface area contributed by atoms with Crippen molar-refractivity contribution in [3.63, 3.8) is 0 Å². The Morgan fingerprint density at radius 3 is 2.87 bits per heavy atom. The van der Waals surface area contributed by atoms with Crippen LogP contribution in [0.25, 0.3) is 10.1 Å². The highest BCUT2D eigenvalue weighted by Crippen LogP contribution is 2.29. The van der Waals surface area contributed by atoms with Crippen molar-refractivity contribution in [2.45, 2.75) is 13.3 Å². The van der Waals surface area contributed by atoms with E-state index < -0.39 is 0 Å². The van der Waals surface area contributed by atoms with Gasteiger partial charge in [0, 0.05) is 16.7 Å². The number of rotatable bonds is 4. The van der Waals surface area contributed by atoms with E-state index in [1.165, 1.54) is 15.0 Å². The molecule has 0 aliphatic carbocycles. The minimum absolute atomic E-state index is 0.302. The van der Waals surface area contributed by atoms with Gasteiger partial charge in [0.15, 0.2) is 6.79 Å². The van der Waals surface area contributed by atoms with Gasteiger partial charge in [-0.25, -0.2) is 0 Å². The molecule has 0 unspecified atom stereocenters. The lowest BCUT2D eigenvalue weighted by molar-refractivity contribution is 0.0512. The number of aryl methyl sites for hydroxylation is 1. The summed E-state index contributed by atoms with van der Waals surface area (Å²) in [6.45, 7) is 2.48. The van der Waals surface area contributed by atoms with E-state index in [-0.39, 0.29) is 0 Å². The third kappa shape index (κ3) is 2.30. The summed E-state index contributed by atoms with van der Waals surface area (Å²) in [5.41, 5.74) is 0. The summed E-state index contributed by atoms with van der Waals surface area (Å²) in [4.78, 5) is 1.41. The van der Waals surface area contributed by atoms with Gasteiger partial charge in [0.05, 0.1) is 0 Å². The molecule has 0 bridgehead atoms. The van der Waals surface area contributed by atoms with Gasteiger partial charge < -0.3 is 9.47 Å². The highest BCUT2D eigenvalue weighted by molar-refractivity contribution is 7.19. The molecule has 1 aromatic carbocycles. The quantitative estimate of drug-likeness (QED) is 0.738. The van der Waals surface area contributed by atoms with Crippen molar-refractivity contribution in [1.82, 2.24) is 0 Å². The van der Waals surface area contributed by atoms with E-state index in [0.29, 0.717) is 6.79 Å². The monoisotopic (exact) mass is 222 g/mol. The lowest BCUT2D eigenvalue weighted by Crippen LogP contribution is -1.98. The summed E-state index contributed by atoms with van der Waals surface area (Å²) in [5.74, 6) is 0.866. The first-order valence-electron chi connectivity index (χ1n) is 4.97. The van der Waals surface area contributed by atoms with Crippen molar-refractivity contribution in [3.05, 3.63) is 29.1 Å². The van der Waals surface area contributed by atoms with E-state index in [1.54, 1.807) is 7.11 Å². The van der Waals surface area contributed by atoms with Crippen molar-refractivity contribution in [2.24, 2.45) is 0 Å². The minimum Gasteiger partial charge on any atom is -0.468 e. The van der Waals surface area contributed by atoms with Gasteiger partial charge in [-0.05, 0) is 36.1 Å². The van der Waals surface area contributed by atoms with Crippen LogP contribution in [0.15, 0.2) is 24.3 Å². The fourth-order valence-corrected chi connectivity index (χ4v) is 2.45. The third-order valence-electron chi connectivity index (χ3n) is 2.23. The van der Waals surface area contributed by atoms with Gasteiger partial charge in [0.25, 0.3) is 0 Å². The minimum atomic E-state index is 0.302. The molecule has 0 radical (unpaired) electrons. The van der Waals surface area contributed by atoms with Gasteiger partial charge >= 0.3 is 0 Å². The Morgan fingerprint density at radius 1 is 1.27 bits per heavy atom. The Balaban J connectivity index is 2.29. The van der Waals surface area contributed by atoms with Crippen molar-refractivity contribution < 1.29 is 9.47 Å². The maximum atomic E-state index is 5.39. The summed E-state index contributed by atoms with van der Waals surface area (Å²) in [6, 6.07) is 8.37. The van der Waals surface area contributed by atoms with Crippen molar-refractivity contribution >= 4 is 21.4 Å². The van der Waals surface area contributed by atoms with Crippen molar-refractivity contribution in [2.75, 3.05) is 13.9 Å². The van der Waals surface area contributed by atoms with Gasteiger partial charge in [-0.3, -0.25) is 0 Å². The standard InChI is InChI=1S/C12H14O2S/c1-3-11-7-9-6-10(14-8-13-2)4-5-12(9)15-11/h4-7H,3,8H2,1-2H3. The van der Waals surface area contributed by atoms with Crippen LogP contribution >= 0.6 is 11.3 Å². The first-order chi connectivity index (χ1) is 7.33. The predicted molar refractivity (Wildman–Crippen MR) is 63.7 cm³/mol. The Labute approximate surface area is 93.4 Å². The van der Waals surface area contributed by atoms with E-state index in [4.69, 9.17) is 9.47 Å². The van der Waals surface area contributed by atoms with Gasteiger partial charge in [0.2, 0.25) is 0 Å². The van der Waals surface area contributed by atoms with Crippen molar-refractivity contribution in [3.8, 4) is 5.75 Å². The molecule has 0 N–H and O–H groups in total. The molecule has 2 aromatic rings. The summed E-state index contributed by atoms with van der Waals surface area (Å²) >= 11 is 1.84. The molecule has 3 heteroatoms. The second-order valence-corrected chi connectivity index (χ2v) is 4.49. The van der Waals surface area contributed by atoms with Gasteiger partial charge in [0.1, 0.15) is 5.75 Å². The molecule has 80 valence electrons. The fraction of sp³-hybridized carbons (Fsp3) is 0.333. The van der Waals surface area contributed by atoms with E-state index in [1.807, 2.05) is 17.4 Å². The van der Waals surface area contributed by atoms with Crippen LogP contribution in [0, 0.1) is 0 Å². The summed E-state index contributed by atoms with van der Waals surface area (Å²) in [5, 5.41) is 1.26. The lowest BCUT2D eigenvalue weighted by Gasteiger charge is -2.03. The summed E-state index contributed by atoms with van der Waals surface area (Å²) in [7, 11) is 1.62. The second-order valence-electron chi connectivity index (χ2n) is 3.32. The van der Waals surface area contributed by atoms with E-state index >= 15 is 0 Å². The normalized spacial score (nSPS) is 10.8. The first kappa shape index (κ1) is 10.5. The molecule has 0 saturated carbocycles. The molecule has 2 nitrogen and oxygen atoms in total. The van der Waals surface area contributed by atoms with Crippen LogP contribution in [0.1, 0.15) is 11.8 Å². The zero-order valence-corrected chi connectivity index (χ0v) is 9.76. The zero-order valence-electron chi connectivity index (χ0n) is 8.95. The van der Waals surface area contributed by atoms with Crippen LogP contribution in [0.4, 0.5) is 0 Å². The Hall–Kier alpha value is -1.06. The molecule has 0 aliphatic rings. The summed E-state index contributed by atoms with van der Waals surface area (Å²) in [6.07, 6.45) is 1.09. The zero-order chi connectivity index (χ0) is 10.7. The molecule has 0 amide bonds. The van der Waals surface area contributed by atoms with Crippen LogP contribution in [-0.2, 0) is 11.2 Å². The number of benzene rings is 1. The van der Waals surface area contributed by atoms with Gasteiger partial charge in [-0.1, -0.05) is 6.92 Å². The topological polar surface area (TPSA) is 18.5 Å². The average molecular weight is 222 g/mol. The molecule has 1 heterocycles. The highest BCUT2D eigenvalue weighted by atomic mass is 32.1. The number of fused-ring (bicyclic) bond motifs is 1. The van der Waals surface area contributed by atoms with Crippen LogP contribution < -0.4 is 4.74 Å². The lowest BCUT2D eigenvalue weighted by atomic mass is 10.2. The van der Waals surface area contributed by atoms with Crippen LogP contribution in [0.2, 0.25) is 0 Å². The Morgan fingerprint density at radius 2 is 2.13 bits per heavy atom. The highest BCUT2D eigenvalue weighted by Gasteiger charge is 2.01. The van der Waals surface area contributed by atoms with Crippen LogP contribution in [-0.4, -0.2) is 13.9 Å². The largest absolute Gasteiger partial charge is 0.468 e. The maximum absolute atomic E-state index is 5.39. The first-order valence-corrected chi connectivity index (χ1v) is 5.79. The molecule has 0 fully saturated rings. The Kier molecular flexibility index (Phi) is 3.23. The van der Waals surface area contributed by atoms with E-state index in [9.17, 15) is 0 Å². The molecular weight excluding hydrogens is 208 g/mol. The van der Waals surface area contributed by atoms with E-state index in [0.717, 1.165) is 12.2 Å². The molecular formula is C12H14O2S. The van der Waals surface area contributed by atoms with Crippen LogP contribution in [0.3, 0.4) is 0 Å². The molecule has 1 aromatic heterocycles. The maximum Gasteiger partial charge on any atom is 0.188 e.